The van der Waals surface area contributed by atoms with Gasteiger partial charge < -0.3 is 14.4 Å². The molecule has 0 atom stereocenters. The zero-order valence-corrected chi connectivity index (χ0v) is 27.2. The van der Waals surface area contributed by atoms with E-state index in [2.05, 4.69) is 20.8 Å². The quantitative estimate of drug-likeness (QED) is 0.231. The fourth-order valence-corrected chi connectivity index (χ4v) is 6.99. The summed E-state index contributed by atoms with van der Waals surface area (Å²) in [5, 5.41) is 2.01. The van der Waals surface area contributed by atoms with Crippen LogP contribution in [-0.2, 0) is 33.2 Å². The molecule has 0 unspecified atom stereocenters. The summed E-state index contributed by atoms with van der Waals surface area (Å²) in [4.78, 5) is 16.9. The van der Waals surface area contributed by atoms with E-state index in [4.69, 9.17) is 9.47 Å². The minimum absolute atomic E-state index is 0.0474. The summed E-state index contributed by atoms with van der Waals surface area (Å²) in [6, 6.07) is 14.8. The minimum atomic E-state index is -3.88. The van der Waals surface area contributed by atoms with Gasteiger partial charge in [0.1, 0.15) is 0 Å². The van der Waals surface area contributed by atoms with Gasteiger partial charge in [-0.15, -0.1) is 11.3 Å². The molecule has 0 saturated heterocycles. The molecule has 2 aromatic carbocycles. The molecule has 1 amide bonds. The number of nitrogens with zero attached hydrogens (tertiary/aromatic N) is 2. The zero-order valence-electron chi connectivity index (χ0n) is 25.6. The maximum Gasteiger partial charge on any atom is 0.243 e. The third kappa shape index (κ3) is 8.56. The molecule has 1 heterocycles. The molecule has 0 aliphatic rings. The van der Waals surface area contributed by atoms with Gasteiger partial charge in [-0.2, -0.15) is 4.31 Å². The fraction of sp³-hybridized carbons (Fsp3) is 0.469. The van der Waals surface area contributed by atoms with Crippen molar-refractivity contribution >= 4 is 27.3 Å². The average molecular weight is 601 g/mol. The van der Waals surface area contributed by atoms with Crippen LogP contribution in [0, 0.1) is 12.8 Å². The second kappa shape index (κ2) is 13.9. The van der Waals surface area contributed by atoms with Crippen LogP contribution in [0.4, 0.5) is 0 Å². The molecule has 0 N–H and O–H groups in total. The number of carbonyl (C=O) groups excluding carboxylic acids is 1. The molecule has 0 spiro atoms. The molecule has 3 rings (SSSR count). The molecule has 9 heteroatoms. The largest absolute Gasteiger partial charge is 0.493 e. The van der Waals surface area contributed by atoms with Crippen molar-refractivity contribution in [3.05, 3.63) is 75.5 Å². The normalized spacial score (nSPS) is 12.1. The summed E-state index contributed by atoms with van der Waals surface area (Å²) in [5.74, 6) is 1.09. The molecule has 0 radical (unpaired) electrons. The summed E-state index contributed by atoms with van der Waals surface area (Å²) in [6.07, 6.45) is 0.585. The Hall–Kier alpha value is -2.88. The van der Waals surface area contributed by atoms with E-state index >= 15 is 0 Å². The van der Waals surface area contributed by atoms with Crippen molar-refractivity contribution in [2.75, 3.05) is 33.9 Å². The first-order chi connectivity index (χ1) is 19.3. The van der Waals surface area contributed by atoms with Crippen LogP contribution < -0.4 is 9.47 Å². The van der Waals surface area contributed by atoms with E-state index in [0.29, 0.717) is 31.0 Å². The first kappa shape index (κ1) is 32.6. The Labute approximate surface area is 250 Å². The Morgan fingerprint density at radius 3 is 2.17 bits per heavy atom. The minimum Gasteiger partial charge on any atom is -0.493 e. The molecule has 1 aromatic heterocycles. The number of aryl methyl sites for hydroxylation is 1. The number of thiophene rings is 1. The van der Waals surface area contributed by atoms with Crippen LogP contribution in [0.25, 0.3) is 0 Å². The summed E-state index contributed by atoms with van der Waals surface area (Å²) in [6.45, 7) is 13.1. The zero-order chi connectivity index (χ0) is 30.4. The van der Waals surface area contributed by atoms with E-state index in [1.165, 1.54) is 4.31 Å². The van der Waals surface area contributed by atoms with Gasteiger partial charge in [0.15, 0.2) is 11.5 Å². The van der Waals surface area contributed by atoms with E-state index in [0.717, 1.165) is 21.6 Å². The highest BCUT2D eigenvalue weighted by Gasteiger charge is 2.30. The molecule has 0 bridgehead atoms. The lowest BCUT2D eigenvalue weighted by molar-refractivity contribution is -0.132. The average Bonchev–Trinajstić information content (AvgIpc) is 3.33. The Morgan fingerprint density at radius 1 is 0.976 bits per heavy atom. The third-order valence-electron chi connectivity index (χ3n) is 7.01. The highest BCUT2D eigenvalue weighted by Crippen LogP contribution is 2.29. The van der Waals surface area contributed by atoms with Crippen molar-refractivity contribution in [3.8, 4) is 11.5 Å². The van der Waals surface area contributed by atoms with Gasteiger partial charge in [-0.25, -0.2) is 8.42 Å². The molecule has 41 heavy (non-hydrogen) atoms. The summed E-state index contributed by atoms with van der Waals surface area (Å²) in [7, 11) is -0.694. The topological polar surface area (TPSA) is 76.2 Å². The van der Waals surface area contributed by atoms with Gasteiger partial charge >= 0.3 is 0 Å². The number of hydrogen-bond acceptors (Lipinski definition) is 6. The molecule has 0 saturated carbocycles. The molecule has 3 aromatic rings. The number of rotatable bonds is 13. The predicted molar refractivity (Wildman–Crippen MR) is 166 cm³/mol. The molecular formula is C32H44N2O5S2. The lowest BCUT2D eigenvalue weighted by Crippen LogP contribution is -2.44. The van der Waals surface area contributed by atoms with Gasteiger partial charge in [0.05, 0.1) is 32.2 Å². The SMILES string of the molecule is COc1ccc(CCN(Cc2sccc2C)C(=O)CN(CC(C)C)S(=O)(=O)c2ccc(C(C)(C)C)cc2)cc1OC. The second-order valence-electron chi connectivity index (χ2n) is 11.7. The highest BCUT2D eigenvalue weighted by molar-refractivity contribution is 7.89. The van der Waals surface area contributed by atoms with E-state index < -0.39 is 10.0 Å². The molecule has 0 aliphatic carbocycles. The first-order valence-electron chi connectivity index (χ1n) is 13.9. The van der Waals surface area contributed by atoms with E-state index in [1.807, 2.05) is 62.5 Å². The number of methoxy groups -OCH3 is 2. The van der Waals surface area contributed by atoms with Crippen LogP contribution in [0.5, 0.6) is 11.5 Å². The van der Waals surface area contributed by atoms with E-state index in [1.54, 1.807) is 42.6 Å². The molecule has 0 aliphatic heterocycles. The fourth-order valence-electron chi connectivity index (χ4n) is 4.51. The number of benzene rings is 2. The first-order valence-corrected chi connectivity index (χ1v) is 16.2. The van der Waals surface area contributed by atoms with Crippen LogP contribution in [-0.4, -0.2) is 57.4 Å². The van der Waals surface area contributed by atoms with Gasteiger partial charge in [0.25, 0.3) is 0 Å². The van der Waals surface area contributed by atoms with Crippen LogP contribution in [0.1, 0.15) is 56.2 Å². The van der Waals surface area contributed by atoms with Gasteiger partial charge in [0, 0.05) is 18.0 Å². The van der Waals surface area contributed by atoms with Gasteiger partial charge in [-0.05, 0) is 77.1 Å². The monoisotopic (exact) mass is 600 g/mol. The Kier molecular flexibility index (Phi) is 11.0. The van der Waals surface area contributed by atoms with Crippen molar-refractivity contribution < 1.29 is 22.7 Å². The summed E-state index contributed by atoms with van der Waals surface area (Å²) in [5.41, 5.74) is 3.07. The van der Waals surface area contributed by atoms with Crippen LogP contribution in [0.15, 0.2) is 58.8 Å². The number of ether oxygens (including phenoxy) is 2. The van der Waals surface area contributed by atoms with Gasteiger partial charge in [-0.3, -0.25) is 4.79 Å². The number of carbonyl (C=O) groups is 1. The number of amides is 1. The lowest BCUT2D eigenvalue weighted by atomic mass is 9.87. The van der Waals surface area contributed by atoms with Crippen molar-refractivity contribution in [1.29, 1.82) is 0 Å². The maximum atomic E-state index is 13.9. The van der Waals surface area contributed by atoms with Crippen molar-refractivity contribution in [2.45, 2.75) is 64.8 Å². The summed E-state index contributed by atoms with van der Waals surface area (Å²) >= 11 is 1.60. The third-order valence-corrected chi connectivity index (χ3v) is 9.85. The van der Waals surface area contributed by atoms with Crippen molar-refractivity contribution in [1.82, 2.24) is 9.21 Å². The van der Waals surface area contributed by atoms with Gasteiger partial charge in [-0.1, -0.05) is 52.8 Å². The number of sulfonamides is 1. The van der Waals surface area contributed by atoms with E-state index in [9.17, 15) is 13.2 Å². The summed E-state index contributed by atoms with van der Waals surface area (Å²) < 4.78 is 39.7. The van der Waals surface area contributed by atoms with Crippen LogP contribution >= 0.6 is 11.3 Å². The van der Waals surface area contributed by atoms with E-state index in [-0.39, 0.29) is 35.2 Å². The maximum absolute atomic E-state index is 13.9. The molecule has 7 nitrogen and oxygen atoms in total. The highest BCUT2D eigenvalue weighted by atomic mass is 32.2. The predicted octanol–water partition coefficient (Wildman–Crippen LogP) is 6.29. The standard InChI is InChI=1S/C32H44N2O5S2/c1-23(2)20-34(41(36,37)27-12-10-26(11-13-27)32(4,5)6)22-31(35)33(21-30-24(3)16-18-40-30)17-15-25-9-14-28(38-7)29(19-25)39-8/h9-14,16,18-19,23H,15,17,20-22H2,1-8H3. The second-order valence-corrected chi connectivity index (χ2v) is 14.7. The van der Waals surface area contributed by atoms with Crippen LogP contribution in [0.3, 0.4) is 0 Å². The smallest absolute Gasteiger partial charge is 0.243 e. The lowest BCUT2D eigenvalue weighted by Gasteiger charge is -2.28. The number of hydrogen-bond donors (Lipinski definition) is 0. The Bertz CT molecular complexity index is 1410. The molecule has 0 fully saturated rings. The van der Waals surface area contributed by atoms with Crippen molar-refractivity contribution in [3.63, 3.8) is 0 Å². The Balaban J connectivity index is 1.87. The molecule has 224 valence electrons. The van der Waals surface area contributed by atoms with Gasteiger partial charge in [0.2, 0.25) is 15.9 Å². The Morgan fingerprint density at radius 2 is 1.63 bits per heavy atom. The van der Waals surface area contributed by atoms with Crippen LogP contribution in [0.2, 0.25) is 0 Å². The molecular weight excluding hydrogens is 556 g/mol. The van der Waals surface area contributed by atoms with Crippen molar-refractivity contribution in [2.24, 2.45) is 5.92 Å².